The maximum absolute atomic E-state index is 8.12. The second kappa shape index (κ2) is 17.9. The summed E-state index contributed by atoms with van der Waals surface area (Å²) in [5.41, 5.74) is 2.03. The minimum Gasteiger partial charge on any atom is -0.278 e. The van der Waals surface area contributed by atoms with Gasteiger partial charge in [0.15, 0.2) is 11.6 Å². The monoisotopic (exact) mass is 572 g/mol. The number of aromatic nitrogens is 4. The number of nitrogens with one attached hydrogen (secondary N) is 2. The second-order valence-electron chi connectivity index (χ2n) is 8.98. The summed E-state index contributed by atoms with van der Waals surface area (Å²) in [6.07, 6.45) is 15.0. The maximum atomic E-state index is 8.12. The van der Waals surface area contributed by atoms with Crippen LogP contribution in [0, 0.1) is 10.8 Å². The molecule has 2 aromatic heterocycles. The Hall–Kier alpha value is -1.48. The number of benzene rings is 1. The van der Waals surface area contributed by atoms with Gasteiger partial charge < -0.3 is 0 Å². The smallest absolute Gasteiger partial charge is 0.219 e. The zero-order valence-corrected chi connectivity index (χ0v) is 24.9. The number of nitrogens with zero attached hydrogens (tertiary/aromatic N) is 4. The van der Waals surface area contributed by atoms with E-state index in [9.17, 15) is 0 Å². The molecule has 0 bridgehead atoms. The van der Waals surface area contributed by atoms with E-state index in [1.807, 2.05) is 6.07 Å². The third-order valence-corrected chi connectivity index (χ3v) is 7.77. The average molecular weight is 574 g/mol. The van der Waals surface area contributed by atoms with Gasteiger partial charge in [0.05, 0.1) is 0 Å². The highest BCUT2D eigenvalue weighted by molar-refractivity contribution is 7.03. The fourth-order valence-electron chi connectivity index (χ4n) is 4.23. The van der Waals surface area contributed by atoms with Crippen molar-refractivity contribution >= 4 is 47.9 Å². The molecule has 202 valence electrons. The molecule has 0 amide bonds. The van der Waals surface area contributed by atoms with E-state index in [2.05, 4.69) is 49.9 Å². The van der Waals surface area contributed by atoms with Crippen molar-refractivity contribution in [1.82, 2.24) is 17.9 Å². The van der Waals surface area contributed by atoms with E-state index >= 15 is 0 Å². The van der Waals surface area contributed by atoms with Gasteiger partial charge in [-0.3, -0.25) is 18.7 Å². The Balaban J connectivity index is 0.00000324. The van der Waals surface area contributed by atoms with Crippen molar-refractivity contribution in [2.75, 3.05) is 0 Å². The fourth-order valence-corrected chi connectivity index (χ4v) is 5.81. The largest absolute Gasteiger partial charge is 0.278 e. The molecule has 0 aliphatic rings. The molecule has 0 saturated heterocycles. The summed E-state index contributed by atoms with van der Waals surface area (Å²) in [7, 11) is 0. The first-order valence-corrected chi connectivity index (χ1v) is 14.5. The molecule has 2 heterocycles. The Kier molecular flexibility index (Phi) is 16.2. The van der Waals surface area contributed by atoms with Crippen LogP contribution < -0.4 is 9.60 Å². The van der Waals surface area contributed by atoms with Crippen LogP contribution in [0.3, 0.4) is 0 Å². The van der Waals surface area contributed by atoms with Crippen LogP contribution in [0.2, 0.25) is 0 Å². The molecular weight excluding hydrogens is 531 g/mol. The summed E-state index contributed by atoms with van der Waals surface area (Å²) in [5.74, 6) is 1.74. The number of hydrogen-bond acceptors (Lipinski definition) is 6. The first kappa shape index (κ1) is 32.5. The lowest BCUT2D eigenvalue weighted by Gasteiger charge is -2.09. The van der Waals surface area contributed by atoms with E-state index < -0.39 is 0 Å². The van der Waals surface area contributed by atoms with Gasteiger partial charge in [-0.1, -0.05) is 96.3 Å². The van der Waals surface area contributed by atoms with Crippen molar-refractivity contribution in [2.24, 2.45) is 0 Å². The number of halogens is 2. The molecular formula is C26H42Cl2N6S2. The van der Waals surface area contributed by atoms with Gasteiger partial charge in [-0.05, 0) is 42.0 Å². The molecule has 0 fully saturated rings. The molecule has 0 spiro atoms. The average Bonchev–Trinajstić information content (AvgIpc) is 3.40. The predicted octanol–water partition coefficient (Wildman–Crippen LogP) is 8.06. The van der Waals surface area contributed by atoms with Gasteiger partial charge in [-0.15, -0.1) is 24.8 Å². The van der Waals surface area contributed by atoms with Crippen LogP contribution in [0.25, 0.3) is 22.8 Å². The van der Waals surface area contributed by atoms with Crippen LogP contribution >= 0.6 is 47.9 Å². The number of unbranched alkanes of at least 4 members (excludes halogenated alkanes) is 10. The van der Waals surface area contributed by atoms with Gasteiger partial charge in [0, 0.05) is 24.2 Å². The van der Waals surface area contributed by atoms with Crippen molar-refractivity contribution in [3.05, 3.63) is 33.9 Å². The molecule has 1 aromatic carbocycles. The zero-order valence-electron chi connectivity index (χ0n) is 21.6. The van der Waals surface area contributed by atoms with Gasteiger partial charge in [0.25, 0.3) is 0 Å². The molecule has 6 nitrogen and oxygen atoms in total. The first-order chi connectivity index (χ1) is 16.6. The highest BCUT2D eigenvalue weighted by Crippen LogP contribution is 2.26. The molecule has 0 atom stereocenters. The quantitative estimate of drug-likeness (QED) is 0.170. The van der Waals surface area contributed by atoms with Crippen LogP contribution in [-0.2, 0) is 13.1 Å². The van der Waals surface area contributed by atoms with Crippen molar-refractivity contribution in [1.29, 1.82) is 10.8 Å². The van der Waals surface area contributed by atoms with E-state index in [1.54, 1.807) is 0 Å². The standard InChI is InChI=1S/C26H40N6S2.2ClH/c1-3-5-7-9-11-13-18-31-23(29-25(27)33-31)21-16-15-17-22(20-21)24-30-26(28)34-32(24)19-14-12-10-8-6-4-2;;/h15-17,20,27-28H,3-14,18-19H2,1-2H3;2*1H. The number of rotatable bonds is 16. The highest BCUT2D eigenvalue weighted by atomic mass is 35.5. The molecule has 0 unspecified atom stereocenters. The Labute approximate surface area is 236 Å². The van der Waals surface area contributed by atoms with Crippen molar-refractivity contribution in [2.45, 2.75) is 104 Å². The lowest BCUT2D eigenvalue weighted by molar-refractivity contribution is 0.573. The fraction of sp³-hybridized carbons (Fsp3) is 0.615. The number of aryl methyl sites for hydroxylation is 2. The summed E-state index contributed by atoms with van der Waals surface area (Å²) < 4.78 is 4.34. The van der Waals surface area contributed by atoms with Crippen LogP contribution in [0.5, 0.6) is 0 Å². The molecule has 10 heteroatoms. The predicted molar refractivity (Wildman–Crippen MR) is 158 cm³/mol. The molecule has 2 N–H and O–H groups in total. The van der Waals surface area contributed by atoms with Crippen molar-refractivity contribution < 1.29 is 0 Å². The Morgan fingerprint density at radius 2 is 1.03 bits per heavy atom. The van der Waals surface area contributed by atoms with Crippen LogP contribution in [0.1, 0.15) is 90.9 Å². The summed E-state index contributed by atoms with van der Waals surface area (Å²) in [4.78, 5) is 9.79. The van der Waals surface area contributed by atoms with Crippen LogP contribution in [0.4, 0.5) is 0 Å². The Morgan fingerprint density at radius 3 is 1.44 bits per heavy atom. The van der Waals surface area contributed by atoms with Crippen LogP contribution in [-0.4, -0.2) is 17.9 Å². The third kappa shape index (κ3) is 10.1. The third-order valence-electron chi connectivity index (χ3n) is 6.09. The first-order valence-electron chi connectivity index (χ1n) is 13.0. The lowest BCUT2D eigenvalue weighted by Crippen LogP contribution is -2.00. The van der Waals surface area contributed by atoms with Crippen LogP contribution in [0.15, 0.2) is 24.3 Å². The molecule has 36 heavy (non-hydrogen) atoms. The second-order valence-corrected chi connectivity index (χ2v) is 11.0. The van der Waals surface area contributed by atoms with E-state index in [0.29, 0.717) is 9.60 Å². The van der Waals surface area contributed by atoms with Gasteiger partial charge in [0.1, 0.15) is 0 Å². The Bertz CT molecular complexity index is 1030. The van der Waals surface area contributed by atoms with E-state index in [0.717, 1.165) is 48.7 Å². The summed E-state index contributed by atoms with van der Waals surface area (Å²) in [5, 5.41) is 16.2. The van der Waals surface area contributed by atoms with E-state index in [4.69, 9.17) is 10.8 Å². The number of hydrogen-bond donors (Lipinski definition) is 2. The Morgan fingerprint density at radius 1 is 0.639 bits per heavy atom. The van der Waals surface area contributed by atoms with Crippen molar-refractivity contribution in [3.8, 4) is 22.8 Å². The minimum absolute atomic E-state index is 0. The molecule has 0 saturated carbocycles. The molecule has 3 rings (SSSR count). The van der Waals surface area contributed by atoms with Gasteiger partial charge in [-0.2, -0.15) is 9.97 Å². The van der Waals surface area contributed by atoms with Gasteiger partial charge in [-0.25, -0.2) is 0 Å². The molecule has 0 aliphatic carbocycles. The SMILES string of the molecule is CCCCCCCCn1sc(=N)nc1-c1cccc(-c2nc(=N)sn2CCCCCCCC)c1.Cl.Cl. The van der Waals surface area contributed by atoms with Gasteiger partial charge in [0.2, 0.25) is 9.60 Å². The van der Waals surface area contributed by atoms with Crippen molar-refractivity contribution in [3.63, 3.8) is 0 Å². The van der Waals surface area contributed by atoms with Gasteiger partial charge >= 0.3 is 0 Å². The normalized spacial score (nSPS) is 10.7. The highest BCUT2D eigenvalue weighted by Gasteiger charge is 2.13. The molecule has 3 aromatic rings. The molecule has 0 radical (unpaired) electrons. The lowest BCUT2D eigenvalue weighted by atomic mass is 10.1. The molecule has 0 aliphatic heterocycles. The topological polar surface area (TPSA) is 83.3 Å². The minimum atomic E-state index is 0. The summed E-state index contributed by atoms with van der Waals surface area (Å²) in [6.45, 7) is 6.31. The summed E-state index contributed by atoms with van der Waals surface area (Å²) >= 11 is 2.86. The maximum Gasteiger partial charge on any atom is 0.219 e. The summed E-state index contributed by atoms with van der Waals surface area (Å²) in [6, 6.07) is 8.31. The van der Waals surface area contributed by atoms with E-state index in [1.165, 1.54) is 87.3 Å². The zero-order chi connectivity index (χ0) is 24.2. The van der Waals surface area contributed by atoms with E-state index in [-0.39, 0.29) is 24.8 Å².